The first-order valence-electron chi connectivity index (χ1n) is 17.5. The molecule has 1 aromatic rings. The Hall–Kier alpha value is -2.78. The number of hydrogen-bond donors (Lipinski definition) is 4. The highest BCUT2D eigenvalue weighted by molar-refractivity contribution is 6.00. The molecular weight excluding hydrogens is 646 g/mol. The number of esters is 1. The van der Waals surface area contributed by atoms with Crippen LogP contribution in [0.2, 0.25) is 0 Å². The van der Waals surface area contributed by atoms with Crippen LogP contribution in [0.25, 0.3) is 0 Å². The number of aromatic hydroxyl groups is 1. The minimum atomic E-state index is -1.93. The highest BCUT2D eigenvalue weighted by atomic mass is 16.7. The van der Waals surface area contributed by atoms with Crippen LogP contribution in [0.3, 0.4) is 0 Å². The van der Waals surface area contributed by atoms with Crippen molar-refractivity contribution in [3.8, 4) is 5.75 Å². The fourth-order valence-electron chi connectivity index (χ4n) is 7.40. The van der Waals surface area contributed by atoms with Crippen LogP contribution in [0.5, 0.6) is 5.75 Å². The molecule has 2 aliphatic rings. The Labute approximate surface area is 296 Å². The highest BCUT2D eigenvalue weighted by Crippen LogP contribution is 2.38. The summed E-state index contributed by atoms with van der Waals surface area (Å²) in [6.45, 7) is 13.5. The normalized spacial score (nSPS) is 40.6. The van der Waals surface area contributed by atoms with E-state index in [0.717, 1.165) is 0 Å². The molecule has 2 fully saturated rings. The molecular formula is C37H59N3O10. The summed E-state index contributed by atoms with van der Waals surface area (Å²) in [5.41, 5.74) is -2.18. The Balaban J connectivity index is 2.19. The molecule has 0 saturated carbocycles. The number of cyclic esters (lactones) is 1. The van der Waals surface area contributed by atoms with Crippen molar-refractivity contribution in [3.05, 3.63) is 29.8 Å². The molecule has 3 rings (SSSR count). The number of Topliss-reactive ketones (excluding diaryl/α,β-unsaturated/α-hetero) is 1. The lowest BCUT2D eigenvalue weighted by molar-refractivity contribution is -0.295. The van der Waals surface area contributed by atoms with Gasteiger partial charge in [-0.1, -0.05) is 39.8 Å². The Bertz CT molecular complexity index is 1370. The van der Waals surface area contributed by atoms with Gasteiger partial charge >= 0.3 is 5.97 Å². The van der Waals surface area contributed by atoms with E-state index in [4.69, 9.17) is 18.9 Å². The van der Waals surface area contributed by atoms with Crippen molar-refractivity contribution < 1.29 is 49.0 Å². The number of phenolic OH excluding ortho intramolecular Hbond substituents is 1. The standard InChI is InChI=1S/C37H59N3O10/c1-12-28-37(8,46)32(44)22(4)29(39-38-19-25-14-13-15-26(41)17-25)20(2)18-36(7,47-11)33(23(5)30(42)24(6)34(45)49-28)50-35-31(43)27(40(9)10)16-21(3)48-35/h13-15,17,19-24,27-28,31-33,35,41,43-44,46H,12,16,18H2,1-11H3/b38-19+,39-29+/t20-,21?,22+,23+,24-,27?,28-,31?,32-,33-,35?,36-,37-/m1/s1. The van der Waals surface area contributed by atoms with E-state index in [9.17, 15) is 30.0 Å². The molecule has 13 nitrogen and oxygen atoms in total. The second-order valence-corrected chi connectivity index (χ2v) is 14.8. The number of benzene rings is 1. The van der Waals surface area contributed by atoms with E-state index in [-0.39, 0.29) is 30.7 Å². The molecule has 1 aromatic carbocycles. The minimum absolute atomic E-state index is 0.0613. The zero-order valence-electron chi connectivity index (χ0n) is 31.4. The van der Waals surface area contributed by atoms with Crippen LogP contribution < -0.4 is 0 Å². The number of phenols is 1. The quantitative estimate of drug-likeness (QED) is 0.142. The molecule has 2 aliphatic heterocycles. The topological polar surface area (TPSA) is 180 Å². The zero-order chi connectivity index (χ0) is 37.7. The Morgan fingerprint density at radius 1 is 1.08 bits per heavy atom. The number of ketones is 1. The van der Waals surface area contributed by atoms with Crippen molar-refractivity contribution >= 4 is 23.7 Å². The molecule has 13 heteroatoms. The van der Waals surface area contributed by atoms with Crippen LogP contribution in [0.4, 0.5) is 0 Å². The Morgan fingerprint density at radius 3 is 2.32 bits per heavy atom. The third-order valence-corrected chi connectivity index (χ3v) is 10.6. The molecule has 4 N–H and O–H groups in total. The monoisotopic (exact) mass is 705 g/mol. The second kappa shape index (κ2) is 17.2. The lowest BCUT2D eigenvalue weighted by Gasteiger charge is -2.47. The van der Waals surface area contributed by atoms with Gasteiger partial charge in [-0.25, -0.2) is 0 Å². The van der Waals surface area contributed by atoms with Gasteiger partial charge in [0, 0.05) is 30.7 Å². The molecule has 0 bridgehead atoms. The maximum atomic E-state index is 14.1. The molecule has 0 aliphatic carbocycles. The second-order valence-electron chi connectivity index (χ2n) is 14.8. The Morgan fingerprint density at radius 2 is 1.74 bits per heavy atom. The fraction of sp³-hybridized carbons (Fsp3) is 0.730. The summed E-state index contributed by atoms with van der Waals surface area (Å²) in [6, 6.07) is 6.20. The van der Waals surface area contributed by atoms with Gasteiger partial charge in [0.2, 0.25) is 0 Å². The average molecular weight is 706 g/mol. The van der Waals surface area contributed by atoms with Crippen molar-refractivity contribution in [2.45, 2.75) is 129 Å². The van der Waals surface area contributed by atoms with Crippen LogP contribution in [0.1, 0.15) is 80.2 Å². The fourth-order valence-corrected chi connectivity index (χ4v) is 7.40. The SMILES string of the molecule is CC[C@H]1OC(=O)[C@H](C)C(=O)[C@H](C)[C@@H](OC2OC(C)CC(N(C)C)C2O)[C@](C)(OC)C[C@@H](C)/C(=N\N=C\c2cccc(O)c2)[C@H](C)[C@@H](O)[C@]1(C)O. The van der Waals surface area contributed by atoms with E-state index in [1.54, 1.807) is 39.8 Å². The number of carbonyl (C=O) groups excluding carboxylic acids is 2. The summed E-state index contributed by atoms with van der Waals surface area (Å²) in [5.74, 6) is -4.75. The van der Waals surface area contributed by atoms with Gasteiger partial charge in [0.15, 0.2) is 12.1 Å². The number of aliphatic hydroxyl groups is 3. The minimum Gasteiger partial charge on any atom is -0.508 e. The van der Waals surface area contributed by atoms with E-state index in [1.807, 2.05) is 32.8 Å². The van der Waals surface area contributed by atoms with E-state index < -0.39 is 77.3 Å². The molecule has 0 aromatic heterocycles. The molecule has 13 atom stereocenters. The largest absolute Gasteiger partial charge is 0.508 e. The average Bonchev–Trinajstić information content (AvgIpc) is 3.06. The third kappa shape index (κ3) is 9.36. The van der Waals surface area contributed by atoms with E-state index in [2.05, 4.69) is 10.2 Å². The first-order chi connectivity index (χ1) is 23.3. The number of carbonyl (C=O) groups is 2. The number of nitrogens with zero attached hydrogens (tertiary/aromatic N) is 3. The van der Waals surface area contributed by atoms with Gasteiger partial charge in [-0.15, -0.1) is 0 Å². The first kappa shape index (κ1) is 41.6. The van der Waals surface area contributed by atoms with Crippen molar-refractivity contribution in [1.82, 2.24) is 4.90 Å². The molecule has 4 unspecified atom stereocenters. The van der Waals surface area contributed by atoms with Crippen LogP contribution >= 0.6 is 0 Å². The van der Waals surface area contributed by atoms with Crippen LogP contribution in [0.15, 0.2) is 34.5 Å². The van der Waals surface area contributed by atoms with Gasteiger partial charge in [0.25, 0.3) is 0 Å². The zero-order valence-corrected chi connectivity index (χ0v) is 31.4. The van der Waals surface area contributed by atoms with Gasteiger partial charge in [0.1, 0.15) is 29.5 Å². The smallest absolute Gasteiger partial charge is 0.316 e. The van der Waals surface area contributed by atoms with E-state index >= 15 is 0 Å². The van der Waals surface area contributed by atoms with Crippen molar-refractivity contribution in [3.63, 3.8) is 0 Å². The van der Waals surface area contributed by atoms with Gasteiger partial charge < -0.3 is 44.3 Å². The van der Waals surface area contributed by atoms with Crippen molar-refractivity contribution in [1.29, 1.82) is 0 Å². The third-order valence-electron chi connectivity index (χ3n) is 10.6. The van der Waals surface area contributed by atoms with Crippen LogP contribution in [-0.4, -0.2) is 124 Å². The Kier molecular flexibility index (Phi) is 14.3. The number of ether oxygens (including phenoxy) is 4. The molecule has 0 spiro atoms. The van der Waals surface area contributed by atoms with Crippen LogP contribution in [-0.2, 0) is 28.5 Å². The number of hydrogen-bond acceptors (Lipinski definition) is 13. The molecule has 0 amide bonds. The predicted octanol–water partition coefficient (Wildman–Crippen LogP) is 3.33. The highest BCUT2D eigenvalue weighted by Gasteiger charge is 2.51. The molecule has 2 heterocycles. The first-order valence-corrected chi connectivity index (χ1v) is 17.5. The number of likely N-dealkylation sites (N-methyl/N-ethyl adjacent to an activating group) is 1. The summed E-state index contributed by atoms with van der Waals surface area (Å²) in [6.07, 6.45) is -3.69. The van der Waals surface area contributed by atoms with Crippen molar-refractivity contribution in [2.24, 2.45) is 33.9 Å². The number of rotatable bonds is 7. The summed E-state index contributed by atoms with van der Waals surface area (Å²) in [4.78, 5) is 29.5. The molecule has 0 radical (unpaired) electrons. The molecule has 282 valence electrons. The van der Waals surface area contributed by atoms with Gasteiger partial charge in [-0.05, 0) is 84.7 Å². The summed E-state index contributed by atoms with van der Waals surface area (Å²) in [7, 11) is 5.23. The lowest BCUT2D eigenvalue weighted by Crippen LogP contribution is -2.60. The number of methoxy groups -OCH3 is 1. The lowest BCUT2D eigenvalue weighted by atomic mass is 9.74. The number of aliphatic hydroxyl groups excluding tert-OH is 2. The summed E-state index contributed by atoms with van der Waals surface area (Å²) >= 11 is 0. The van der Waals surface area contributed by atoms with Gasteiger partial charge in [-0.3, -0.25) is 9.59 Å². The maximum absolute atomic E-state index is 14.1. The molecule has 50 heavy (non-hydrogen) atoms. The van der Waals surface area contributed by atoms with Gasteiger partial charge in [-0.2, -0.15) is 10.2 Å². The van der Waals surface area contributed by atoms with Crippen molar-refractivity contribution in [2.75, 3.05) is 21.2 Å². The molecule has 2 saturated heterocycles. The predicted molar refractivity (Wildman–Crippen MR) is 189 cm³/mol. The van der Waals surface area contributed by atoms with E-state index in [1.165, 1.54) is 39.3 Å². The van der Waals surface area contributed by atoms with E-state index in [0.29, 0.717) is 17.7 Å². The van der Waals surface area contributed by atoms with Crippen LogP contribution in [0, 0.1) is 23.7 Å². The maximum Gasteiger partial charge on any atom is 0.316 e. The van der Waals surface area contributed by atoms with Gasteiger partial charge in [0.05, 0.1) is 30.1 Å². The summed E-state index contributed by atoms with van der Waals surface area (Å²) in [5, 5.41) is 53.6. The summed E-state index contributed by atoms with van der Waals surface area (Å²) < 4.78 is 24.7.